The van der Waals surface area contributed by atoms with Gasteiger partial charge in [0.2, 0.25) is 0 Å². The van der Waals surface area contributed by atoms with E-state index in [1.807, 2.05) is 0 Å². The van der Waals surface area contributed by atoms with Gasteiger partial charge in [0.1, 0.15) is 0 Å². The SMILES string of the molecule is Cc1ccc(C)c(C(N)CN2CCC3CCCCC3C2)c1. The number of rotatable bonds is 3. The minimum atomic E-state index is 0.157. The fraction of sp³-hybridized carbons (Fsp3) is 0.684. The van der Waals surface area contributed by atoms with Crippen LogP contribution in [-0.4, -0.2) is 24.5 Å². The molecular weight excluding hydrogens is 256 g/mol. The van der Waals surface area contributed by atoms with E-state index < -0.39 is 0 Å². The van der Waals surface area contributed by atoms with Crippen LogP contribution in [0.4, 0.5) is 0 Å². The number of benzene rings is 1. The monoisotopic (exact) mass is 286 g/mol. The Hall–Kier alpha value is -0.860. The minimum absolute atomic E-state index is 0.157. The average Bonchev–Trinajstić information content (AvgIpc) is 2.49. The zero-order valence-corrected chi connectivity index (χ0v) is 13.6. The number of nitrogens with zero attached hydrogens (tertiary/aromatic N) is 1. The maximum absolute atomic E-state index is 6.52. The van der Waals surface area contributed by atoms with Gasteiger partial charge in [-0.25, -0.2) is 0 Å². The van der Waals surface area contributed by atoms with Crippen LogP contribution in [-0.2, 0) is 0 Å². The first kappa shape index (κ1) is 15.1. The van der Waals surface area contributed by atoms with Gasteiger partial charge in [-0.3, -0.25) is 0 Å². The molecule has 21 heavy (non-hydrogen) atoms. The van der Waals surface area contributed by atoms with E-state index in [0.717, 1.165) is 18.4 Å². The molecule has 0 bridgehead atoms. The lowest BCUT2D eigenvalue weighted by atomic mass is 9.75. The van der Waals surface area contributed by atoms with Gasteiger partial charge in [-0.05, 0) is 56.2 Å². The smallest absolute Gasteiger partial charge is 0.0427 e. The Morgan fingerprint density at radius 1 is 1.14 bits per heavy atom. The van der Waals surface area contributed by atoms with Crippen LogP contribution in [0.3, 0.4) is 0 Å². The summed E-state index contributed by atoms with van der Waals surface area (Å²) in [7, 11) is 0. The zero-order valence-electron chi connectivity index (χ0n) is 13.6. The highest BCUT2D eigenvalue weighted by atomic mass is 15.1. The topological polar surface area (TPSA) is 29.3 Å². The van der Waals surface area contributed by atoms with E-state index in [-0.39, 0.29) is 6.04 Å². The van der Waals surface area contributed by atoms with Crippen molar-refractivity contribution >= 4 is 0 Å². The molecule has 0 spiro atoms. The van der Waals surface area contributed by atoms with Crippen molar-refractivity contribution in [3.05, 3.63) is 34.9 Å². The van der Waals surface area contributed by atoms with Gasteiger partial charge < -0.3 is 10.6 Å². The maximum Gasteiger partial charge on any atom is 0.0427 e. The van der Waals surface area contributed by atoms with E-state index >= 15 is 0 Å². The van der Waals surface area contributed by atoms with Gasteiger partial charge in [-0.1, -0.05) is 43.0 Å². The average molecular weight is 286 g/mol. The molecule has 3 rings (SSSR count). The van der Waals surface area contributed by atoms with Crippen molar-refractivity contribution in [1.82, 2.24) is 4.90 Å². The van der Waals surface area contributed by atoms with Crippen molar-refractivity contribution in [2.45, 2.75) is 52.0 Å². The third kappa shape index (κ3) is 3.49. The Kier molecular flexibility index (Phi) is 4.66. The molecule has 2 heteroatoms. The highest BCUT2D eigenvalue weighted by Crippen LogP contribution is 2.36. The van der Waals surface area contributed by atoms with Gasteiger partial charge in [0, 0.05) is 19.1 Å². The molecule has 1 aromatic rings. The molecule has 2 nitrogen and oxygen atoms in total. The number of fused-ring (bicyclic) bond motifs is 1. The Balaban J connectivity index is 1.62. The van der Waals surface area contributed by atoms with Crippen LogP contribution in [0.5, 0.6) is 0 Å². The van der Waals surface area contributed by atoms with Gasteiger partial charge in [-0.2, -0.15) is 0 Å². The molecule has 116 valence electrons. The number of piperidine rings is 1. The summed E-state index contributed by atoms with van der Waals surface area (Å²) in [4.78, 5) is 2.62. The Bertz CT molecular complexity index is 482. The highest BCUT2D eigenvalue weighted by molar-refractivity contribution is 5.33. The Morgan fingerprint density at radius 3 is 2.71 bits per heavy atom. The van der Waals surface area contributed by atoms with Gasteiger partial charge >= 0.3 is 0 Å². The molecule has 3 unspecified atom stereocenters. The lowest BCUT2D eigenvalue weighted by Gasteiger charge is -2.42. The molecule has 1 aliphatic carbocycles. The number of nitrogens with two attached hydrogens (primary N) is 1. The predicted octanol–water partition coefficient (Wildman–Crippen LogP) is 3.82. The van der Waals surface area contributed by atoms with Crippen LogP contribution < -0.4 is 5.73 Å². The highest BCUT2D eigenvalue weighted by Gasteiger charge is 2.31. The normalized spacial score (nSPS) is 28.1. The fourth-order valence-electron chi connectivity index (χ4n) is 4.38. The molecule has 0 aromatic heterocycles. The van der Waals surface area contributed by atoms with Gasteiger partial charge in [-0.15, -0.1) is 0 Å². The second kappa shape index (κ2) is 6.50. The quantitative estimate of drug-likeness (QED) is 0.915. The summed E-state index contributed by atoms with van der Waals surface area (Å²) in [6, 6.07) is 6.81. The van der Waals surface area contributed by atoms with Crippen LogP contribution in [0, 0.1) is 25.7 Å². The minimum Gasteiger partial charge on any atom is -0.323 e. The number of hydrogen-bond acceptors (Lipinski definition) is 2. The van der Waals surface area contributed by atoms with Gasteiger partial charge in [0.15, 0.2) is 0 Å². The van der Waals surface area contributed by atoms with Crippen LogP contribution in [0.25, 0.3) is 0 Å². The van der Waals surface area contributed by atoms with Crippen LogP contribution in [0.15, 0.2) is 18.2 Å². The molecule has 0 amide bonds. The number of aryl methyl sites for hydroxylation is 2. The van der Waals surface area contributed by atoms with Crippen LogP contribution in [0.2, 0.25) is 0 Å². The molecule has 3 atom stereocenters. The van der Waals surface area contributed by atoms with E-state index in [0.29, 0.717) is 0 Å². The first-order valence-electron chi connectivity index (χ1n) is 8.68. The summed E-state index contributed by atoms with van der Waals surface area (Å²) >= 11 is 0. The summed E-state index contributed by atoms with van der Waals surface area (Å²) in [6.07, 6.45) is 7.22. The van der Waals surface area contributed by atoms with Crippen molar-refractivity contribution in [1.29, 1.82) is 0 Å². The van der Waals surface area contributed by atoms with Crippen LogP contribution >= 0.6 is 0 Å². The lowest BCUT2D eigenvalue weighted by molar-refractivity contribution is 0.0827. The van der Waals surface area contributed by atoms with Crippen molar-refractivity contribution in [2.24, 2.45) is 17.6 Å². The second-order valence-electron chi connectivity index (χ2n) is 7.32. The van der Waals surface area contributed by atoms with Crippen molar-refractivity contribution in [3.8, 4) is 0 Å². The standard InChI is InChI=1S/C19H30N2/c1-14-7-8-15(2)18(11-14)19(20)13-21-10-9-16-5-3-4-6-17(16)12-21/h7-8,11,16-17,19H,3-6,9-10,12-13,20H2,1-2H3. The molecule has 1 aromatic carbocycles. The van der Waals surface area contributed by atoms with Gasteiger partial charge in [0.25, 0.3) is 0 Å². The summed E-state index contributed by atoms with van der Waals surface area (Å²) in [5, 5.41) is 0. The fourth-order valence-corrected chi connectivity index (χ4v) is 4.38. The largest absolute Gasteiger partial charge is 0.323 e. The molecule has 0 radical (unpaired) electrons. The molecule has 1 aliphatic heterocycles. The summed E-state index contributed by atoms with van der Waals surface area (Å²) < 4.78 is 0. The Labute approximate surface area is 129 Å². The second-order valence-corrected chi connectivity index (χ2v) is 7.32. The first-order chi connectivity index (χ1) is 10.1. The third-order valence-electron chi connectivity index (χ3n) is 5.66. The van der Waals surface area contributed by atoms with E-state index in [9.17, 15) is 0 Å². The van der Waals surface area contributed by atoms with Crippen molar-refractivity contribution in [3.63, 3.8) is 0 Å². The van der Waals surface area contributed by atoms with E-state index in [1.165, 1.54) is 61.9 Å². The lowest BCUT2D eigenvalue weighted by Crippen LogP contribution is -2.44. The first-order valence-corrected chi connectivity index (χ1v) is 8.68. The van der Waals surface area contributed by atoms with Crippen LogP contribution in [0.1, 0.15) is 54.8 Å². The Morgan fingerprint density at radius 2 is 1.90 bits per heavy atom. The zero-order chi connectivity index (χ0) is 14.8. The number of hydrogen-bond donors (Lipinski definition) is 1. The summed E-state index contributed by atoms with van der Waals surface area (Å²) in [6.45, 7) is 7.89. The summed E-state index contributed by atoms with van der Waals surface area (Å²) in [5.74, 6) is 1.95. The molecule has 1 saturated heterocycles. The van der Waals surface area contributed by atoms with E-state index in [1.54, 1.807) is 0 Å². The maximum atomic E-state index is 6.52. The van der Waals surface area contributed by atoms with Gasteiger partial charge in [0.05, 0.1) is 0 Å². The predicted molar refractivity (Wildman–Crippen MR) is 89.3 cm³/mol. The molecule has 2 aliphatic rings. The summed E-state index contributed by atoms with van der Waals surface area (Å²) in [5.41, 5.74) is 10.5. The van der Waals surface area contributed by atoms with Crippen molar-refractivity contribution in [2.75, 3.05) is 19.6 Å². The molecule has 2 fully saturated rings. The molecular formula is C19H30N2. The third-order valence-corrected chi connectivity index (χ3v) is 5.66. The van der Waals surface area contributed by atoms with Crippen molar-refractivity contribution < 1.29 is 0 Å². The molecule has 2 N–H and O–H groups in total. The molecule has 1 saturated carbocycles. The van der Waals surface area contributed by atoms with E-state index in [2.05, 4.69) is 36.9 Å². The molecule has 1 heterocycles. The number of likely N-dealkylation sites (tertiary alicyclic amines) is 1. The van der Waals surface area contributed by atoms with E-state index in [4.69, 9.17) is 5.73 Å².